The second-order valence-corrected chi connectivity index (χ2v) is 5.82. The summed E-state index contributed by atoms with van der Waals surface area (Å²) in [5.41, 5.74) is 0.703. The molecule has 6 nitrogen and oxygen atoms in total. The van der Waals surface area contributed by atoms with Crippen LogP contribution in [0.1, 0.15) is 20.3 Å². The highest BCUT2D eigenvalue weighted by Gasteiger charge is 2.17. The first-order valence-corrected chi connectivity index (χ1v) is 7.06. The molecular formula is C11H14N2O4S. The average molecular weight is 270 g/mol. The number of oxazole rings is 1. The Labute approximate surface area is 104 Å². The quantitative estimate of drug-likeness (QED) is 0.873. The van der Waals surface area contributed by atoms with E-state index in [2.05, 4.69) is 9.71 Å². The summed E-state index contributed by atoms with van der Waals surface area (Å²) < 4.78 is 31.4. The van der Waals surface area contributed by atoms with Gasteiger partial charge in [-0.05, 0) is 31.5 Å². The van der Waals surface area contributed by atoms with Gasteiger partial charge >= 0.3 is 5.76 Å². The van der Waals surface area contributed by atoms with E-state index < -0.39 is 15.8 Å². The van der Waals surface area contributed by atoms with E-state index in [9.17, 15) is 13.2 Å². The number of hydrogen-bond donors (Lipinski definition) is 2. The van der Waals surface area contributed by atoms with Gasteiger partial charge in [-0.25, -0.2) is 17.9 Å². The minimum absolute atomic E-state index is 0.104. The highest BCUT2D eigenvalue weighted by atomic mass is 32.2. The summed E-state index contributed by atoms with van der Waals surface area (Å²) in [6, 6.07) is 4.10. The van der Waals surface area contributed by atoms with Crippen molar-refractivity contribution in [1.29, 1.82) is 0 Å². The lowest BCUT2D eigenvalue weighted by atomic mass is 10.3. The first kappa shape index (κ1) is 12.8. The van der Waals surface area contributed by atoms with E-state index in [1.807, 2.05) is 6.92 Å². The Bertz CT molecular complexity index is 714. The maximum atomic E-state index is 12.0. The minimum Gasteiger partial charge on any atom is -0.408 e. The summed E-state index contributed by atoms with van der Waals surface area (Å²) in [4.78, 5) is 13.5. The van der Waals surface area contributed by atoms with Crippen molar-refractivity contribution in [2.24, 2.45) is 0 Å². The molecule has 0 spiro atoms. The Balaban J connectivity index is 2.44. The fraction of sp³-hybridized carbons (Fsp3) is 0.364. The molecule has 0 fully saturated rings. The van der Waals surface area contributed by atoms with E-state index in [1.54, 1.807) is 6.92 Å². The van der Waals surface area contributed by atoms with Gasteiger partial charge in [0.05, 0.1) is 10.4 Å². The predicted octanol–water partition coefficient (Wildman–Crippen LogP) is 1.20. The molecule has 0 amide bonds. The molecule has 0 bridgehead atoms. The molecule has 0 aliphatic heterocycles. The van der Waals surface area contributed by atoms with Crippen molar-refractivity contribution in [1.82, 2.24) is 9.71 Å². The van der Waals surface area contributed by atoms with E-state index in [0.29, 0.717) is 17.5 Å². The monoisotopic (exact) mass is 270 g/mol. The lowest BCUT2D eigenvalue weighted by molar-refractivity contribution is 0.554. The van der Waals surface area contributed by atoms with Gasteiger partial charge in [-0.1, -0.05) is 6.92 Å². The maximum absolute atomic E-state index is 12.0. The number of aromatic amines is 1. The molecule has 0 aliphatic carbocycles. The Hall–Kier alpha value is -1.60. The minimum atomic E-state index is -3.57. The van der Waals surface area contributed by atoms with Crippen LogP contribution in [0.2, 0.25) is 0 Å². The number of rotatable bonds is 4. The molecule has 2 rings (SSSR count). The van der Waals surface area contributed by atoms with Gasteiger partial charge in [-0.15, -0.1) is 0 Å². The van der Waals surface area contributed by atoms with Crippen LogP contribution in [0.25, 0.3) is 11.1 Å². The fourth-order valence-electron chi connectivity index (χ4n) is 1.51. The molecule has 0 saturated carbocycles. The Morgan fingerprint density at radius 2 is 2.17 bits per heavy atom. The highest BCUT2D eigenvalue weighted by molar-refractivity contribution is 7.89. The SMILES string of the molecule is CCC(C)NS(=O)(=O)c1ccc2oc(=O)[nH]c2c1. The van der Waals surface area contributed by atoms with Crippen LogP contribution in [-0.4, -0.2) is 19.4 Å². The van der Waals surface area contributed by atoms with Crippen molar-refractivity contribution in [2.45, 2.75) is 31.2 Å². The smallest absolute Gasteiger partial charge is 0.408 e. The van der Waals surface area contributed by atoms with E-state index in [0.717, 1.165) is 0 Å². The first-order chi connectivity index (χ1) is 8.42. The van der Waals surface area contributed by atoms with Gasteiger partial charge < -0.3 is 4.42 Å². The molecule has 1 aromatic carbocycles. The maximum Gasteiger partial charge on any atom is 0.417 e. The molecule has 1 heterocycles. The first-order valence-electron chi connectivity index (χ1n) is 5.57. The Morgan fingerprint density at radius 3 is 2.83 bits per heavy atom. The summed E-state index contributed by atoms with van der Waals surface area (Å²) >= 11 is 0. The summed E-state index contributed by atoms with van der Waals surface area (Å²) in [6.07, 6.45) is 0.698. The second kappa shape index (κ2) is 4.58. The molecule has 2 N–H and O–H groups in total. The van der Waals surface area contributed by atoms with Crippen LogP contribution in [-0.2, 0) is 10.0 Å². The molecule has 0 saturated heterocycles. The van der Waals surface area contributed by atoms with Crippen molar-refractivity contribution in [3.8, 4) is 0 Å². The second-order valence-electron chi connectivity index (χ2n) is 4.10. The van der Waals surface area contributed by atoms with E-state index in [-0.39, 0.29) is 10.9 Å². The highest BCUT2D eigenvalue weighted by Crippen LogP contribution is 2.16. The summed E-state index contributed by atoms with van der Waals surface area (Å²) in [6.45, 7) is 3.68. The third-order valence-corrected chi connectivity index (χ3v) is 4.26. The molecule has 2 aromatic rings. The van der Waals surface area contributed by atoms with Crippen LogP contribution in [0.15, 0.2) is 32.3 Å². The average Bonchev–Trinajstić information content (AvgIpc) is 2.67. The molecule has 1 aromatic heterocycles. The van der Waals surface area contributed by atoms with Crippen LogP contribution in [0, 0.1) is 0 Å². The lowest BCUT2D eigenvalue weighted by Gasteiger charge is -2.11. The molecule has 7 heteroatoms. The predicted molar refractivity (Wildman–Crippen MR) is 66.9 cm³/mol. The Kier molecular flexibility index (Phi) is 3.27. The number of fused-ring (bicyclic) bond motifs is 1. The number of H-pyrrole nitrogens is 1. The molecule has 1 atom stereocenters. The molecule has 18 heavy (non-hydrogen) atoms. The van der Waals surface area contributed by atoms with Crippen molar-refractivity contribution in [3.05, 3.63) is 28.7 Å². The number of hydrogen-bond acceptors (Lipinski definition) is 4. The van der Waals surface area contributed by atoms with Crippen molar-refractivity contribution in [2.75, 3.05) is 0 Å². The number of benzene rings is 1. The molecule has 0 aliphatic rings. The lowest BCUT2D eigenvalue weighted by Crippen LogP contribution is -2.31. The van der Waals surface area contributed by atoms with Crippen molar-refractivity contribution >= 4 is 21.1 Å². The van der Waals surface area contributed by atoms with E-state index in [1.165, 1.54) is 18.2 Å². The summed E-state index contributed by atoms with van der Waals surface area (Å²) in [7, 11) is -3.57. The third kappa shape index (κ3) is 2.46. The zero-order valence-electron chi connectivity index (χ0n) is 10.1. The van der Waals surface area contributed by atoms with Crippen LogP contribution in [0.5, 0.6) is 0 Å². The van der Waals surface area contributed by atoms with Crippen LogP contribution in [0.4, 0.5) is 0 Å². The molecule has 98 valence electrons. The van der Waals surface area contributed by atoms with Gasteiger partial charge in [0, 0.05) is 6.04 Å². The van der Waals surface area contributed by atoms with Crippen molar-refractivity contribution < 1.29 is 12.8 Å². The summed E-state index contributed by atoms with van der Waals surface area (Å²) in [5, 5.41) is 0. The largest absolute Gasteiger partial charge is 0.417 e. The molecule has 0 radical (unpaired) electrons. The number of aromatic nitrogens is 1. The standard InChI is InChI=1S/C11H14N2O4S/c1-3-7(2)13-18(15,16)8-4-5-10-9(6-8)12-11(14)17-10/h4-7,13H,3H2,1-2H3,(H,12,14). The van der Waals surface area contributed by atoms with Crippen LogP contribution in [0.3, 0.4) is 0 Å². The zero-order valence-corrected chi connectivity index (χ0v) is 10.9. The number of nitrogens with one attached hydrogen (secondary N) is 2. The van der Waals surface area contributed by atoms with E-state index in [4.69, 9.17) is 4.42 Å². The van der Waals surface area contributed by atoms with Gasteiger partial charge in [0.2, 0.25) is 10.0 Å². The fourth-order valence-corrected chi connectivity index (χ4v) is 2.87. The van der Waals surface area contributed by atoms with Gasteiger partial charge in [0.1, 0.15) is 0 Å². The van der Waals surface area contributed by atoms with Gasteiger partial charge in [0.15, 0.2) is 5.58 Å². The van der Waals surface area contributed by atoms with Gasteiger partial charge in [-0.2, -0.15) is 0 Å². The molecule has 1 unspecified atom stereocenters. The van der Waals surface area contributed by atoms with E-state index >= 15 is 0 Å². The topological polar surface area (TPSA) is 92.2 Å². The number of sulfonamides is 1. The Morgan fingerprint density at radius 1 is 1.44 bits per heavy atom. The normalized spacial score (nSPS) is 13.9. The molecular weight excluding hydrogens is 256 g/mol. The third-order valence-electron chi connectivity index (χ3n) is 2.67. The van der Waals surface area contributed by atoms with Crippen LogP contribution < -0.4 is 10.5 Å². The van der Waals surface area contributed by atoms with Gasteiger partial charge in [-0.3, -0.25) is 4.98 Å². The van der Waals surface area contributed by atoms with Gasteiger partial charge in [0.25, 0.3) is 0 Å². The van der Waals surface area contributed by atoms with Crippen LogP contribution >= 0.6 is 0 Å². The van der Waals surface area contributed by atoms with Crippen molar-refractivity contribution in [3.63, 3.8) is 0 Å². The summed E-state index contributed by atoms with van der Waals surface area (Å²) in [5.74, 6) is -0.602. The zero-order chi connectivity index (χ0) is 13.3.